The van der Waals surface area contributed by atoms with E-state index in [1.165, 1.54) is 4.90 Å². The van der Waals surface area contributed by atoms with Crippen molar-refractivity contribution in [3.05, 3.63) is 42.2 Å². The first-order valence-electron chi connectivity index (χ1n) is 7.02. The third-order valence-electron chi connectivity index (χ3n) is 2.87. The quantitative estimate of drug-likeness (QED) is 0.946. The maximum Gasteiger partial charge on any atom is 0.415 e. The Balaban J connectivity index is 2.27. The average molecular weight is 303 g/mol. The molecule has 118 valence electrons. The molecule has 0 radical (unpaired) electrons. The standard InChI is InChI=1S/C16H21N3O3/c1-16(2,3)22-15(21)19(13-9-17-18(4)11-13)10-12-6-5-7-14(20)8-12/h5-9,11,20H,10H2,1-4H3. The molecule has 1 heterocycles. The van der Waals surface area contributed by atoms with Gasteiger partial charge in [0.1, 0.15) is 11.4 Å². The number of anilines is 1. The number of aromatic hydroxyl groups is 1. The van der Waals surface area contributed by atoms with Gasteiger partial charge in [-0.25, -0.2) is 4.79 Å². The molecule has 0 spiro atoms. The summed E-state index contributed by atoms with van der Waals surface area (Å²) in [7, 11) is 1.78. The number of phenolic OH excluding ortho intramolecular Hbond substituents is 1. The highest BCUT2D eigenvalue weighted by Gasteiger charge is 2.24. The normalized spacial score (nSPS) is 11.3. The van der Waals surface area contributed by atoms with Gasteiger partial charge in [-0.1, -0.05) is 12.1 Å². The summed E-state index contributed by atoms with van der Waals surface area (Å²) in [4.78, 5) is 14.0. The van der Waals surface area contributed by atoms with Crippen LogP contribution in [0.5, 0.6) is 5.75 Å². The molecule has 2 rings (SSSR count). The van der Waals surface area contributed by atoms with Crippen LogP contribution < -0.4 is 4.90 Å². The lowest BCUT2D eigenvalue weighted by atomic mass is 10.2. The van der Waals surface area contributed by atoms with E-state index in [0.29, 0.717) is 5.69 Å². The minimum absolute atomic E-state index is 0.160. The molecular formula is C16H21N3O3. The molecule has 22 heavy (non-hydrogen) atoms. The van der Waals surface area contributed by atoms with E-state index in [4.69, 9.17) is 4.74 Å². The van der Waals surface area contributed by atoms with Crippen LogP contribution in [0.15, 0.2) is 36.7 Å². The number of benzene rings is 1. The van der Waals surface area contributed by atoms with Gasteiger partial charge >= 0.3 is 6.09 Å². The van der Waals surface area contributed by atoms with Crippen molar-refractivity contribution >= 4 is 11.8 Å². The number of carbonyl (C=O) groups is 1. The molecule has 1 amide bonds. The number of nitrogens with zero attached hydrogens (tertiary/aromatic N) is 3. The summed E-state index contributed by atoms with van der Waals surface area (Å²) in [6.45, 7) is 5.75. The van der Waals surface area contributed by atoms with E-state index in [1.807, 2.05) is 26.8 Å². The van der Waals surface area contributed by atoms with Gasteiger partial charge in [0.2, 0.25) is 0 Å². The topological polar surface area (TPSA) is 67.6 Å². The molecule has 6 heteroatoms. The molecule has 1 aromatic heterocycles. The number of amides is 1. The summed E-state index contributed by atoms with van der Waals surface area (Å²) in [5, 5.41) is 13.7. The predicted molar refractivity (Wildman–Crippen MR) is 83.7 cm³/mol. The zero-order valence-corrected chi connectivity index (χ0v) is 13.3. The lowest BCUT2D eigenvalue weighted by Crippen LogP contribution is -2.36. The fraction of sp³-hybridized carbons (Fsp3) is 0.375. The van der Waals surface area contributed by atoms with Crippen molar-refractivity contribution in [2.75, 3.05) is 4.90 Å². The van der Waals surface area contributed by atoms with Crippen LogP contribution in [0.2, 0.25) is 0 Å². The molecule has 1 N–H and O–H groups in total. The first kappa shape index (κ1) is 15.9. The van der Waals surface area contributed by atoms with Gasteiger partial charge in [0.25, 0.3) is 0 Å². The van der Waals surface area contributed by atoms with Crippen molar-refractivity contribution < 1.29 is 14.6 Å². The molecule has 0 fully saturated rings. The maximum atomic E-state index is 12.5. The number of hydrogen-bond donors (Lipinski definition) is 1. The van der Waals surface area contributed by atoms with Gasteiger partial charge in [-0.15, -0.1) is 0 Å². The number of hydrogen-bond acceptors (Lipinski definition) is 4. The molecule has 0 saturated carbocycles. The van der Waals surface area contributed by atoms with Crippen molar-refractivity contribution in [3.63, 3.8) is 0 Å². The lowest BCUT2D eigenvalue weighted by Gasteiger charge is -2.26. The molecule has 0 unspecified atom stereocenters. The van der Waals surface area contributed by atoms with Crippen LogP contribution in [0.25, 0.3) is 0 Å². The second kappa shape index (κ2) is 6.09. The van der Waals surface area contributed by atoms with Crippen molar-refractivity contribution in [2.24, 2.45) is 7.05 Å². The number of ether oxygens (including phenoxy) is 1. The zero-order chi connectivity index (χ0) is 16.3. The van der Waals surface area contributed by atoms with Crippen molar-refractivity contribution in [3.8, 4) is 5.75 Å². The van der Waals surface area contributed by atoms with Crippen LogP contribution in [0.3, 0.4) is 0 Å². The van der Waals surface area contributed by atoms with E-state index < -0.39 is 11.7 Å². The molecule has 2 aromatic rings. The summed E-state index contributed by atoms with van der Waals surface area (Å²) >= 11 is 0. The summed E-state index contributed by atoms with van der Waals surface area (Å²) in [5.74, 6) is 0.160. The number of carbonyl (C=O) groups excluding carboxylic acids is 1. The predicted octanol–water partition coefficient (Wildman–Crippen LogP) is 3.07. The van der Waals surface area contributed by atoms with Gasteiger partial charge in [0.05, 0.1) is 18.4 Å². The fourth-order valence-electron chi connectivity index (χ4n) is 1.96. The number of aromatic nitrogens is 2. The Labute approximate surface area is 129 Å². The van der Waals surface area contributed by atoms with E-state index in [9.17, 15) is 9.90 Å². The van der Waals surface area contributed by atoms with Crippen LogP contribution in [0, 0.1) is 0 Å². The number of aryl methyl sites for hydroxylation is 1. The summed E-state index contributed by atoms with van der Waals surface area (Å²) in [6, 6.07) is 6.79. The Bertz CT molecular complexity index is 659. The molecule has 6 nitrogen and oxygen atoms in total. The Hall–Kier alpha value is -2.50. The monoisotopic (exact) mass is 303 g/mol. The van der Waals surface area contributed by atoms with Crippen molar-refractivity contribution in [1.82, 2.24) is 9.78 Å². The minimum Gasteiger partial charge on any atom is -0.508 e. The SMILES string of the molecule is Cn1cc(N(Cc2cccc(O)c2)C(=O)OC(C)(C)C)cn1. The lowest BCUT2D eigenvalue weighted by molar-refractivity contribution is 0.0577. The van der Waals surface area contributed by atoms with E-state index in [1.54, 1.807) is 42.3 Å². The Kier molecular flexibility index (Phi) is 4.40. The second-order valence-corrected chi connectivity index (χ2v) is 6.11. The van der Waals surface area contributed by atoms with E-state index in [2.05, 4.69) is 5.10 Å². The summed E-state index contributed by atoms with van der Waals surface area (Å²) in [5.41, 5.74) is 0.853. The maximum absolute atomic E-state index is 12.5. The second-order valence-electron chi connectivity index (χ2n) is 6.11. The number of rotatable bonds is 3. The van der Waals surface area contributed by atoms with Crippen molar-refractivity contribution in [1.29, 1.82) is 0 Å². The van der Waals surface area contributed by atoms with Gasteiger partial charge in [0.15, 0.2) is 0 Å². The van der Waals surface area contributed by atoms with Crippen LogP contribution in [-0.2, 0) is 18.3 Å². The summed E-state index contributed by atoms with van der Waals surface area (Å²) < 4.78 is 7.07. The summed E-state index contributed by atoms with van der Waals surface area (Å²) in [6.07, 6.45) is 2.89. The molecule has 0 bridgehead atoms. The molecule has 0 atom stereocenters. The smallest absolute Gasteiger partial charge is 0.415 e. The fourth-order valence-corrected chi connectivity index (χ4v) is 1.96. The number of phenols is 1. The van der Waals surface area contributed by atoms with Crippen LogP contribution in [0.4, 0.5) is 10.5 Å². The van der Waals surface area contributed by atoms with E-state index in [0.717, 1.165) is 5.56 Å². The van der Waals surface area contributed by atoms with Crippen LogP contribution in [-0.4, -0.2) is 26.6 Å². The Morgan fingerprint density at radius 2 is 2.14 bits per heavy atom. The van der Waals surface area contributed by atoms with Crippen LogP contribution >= 0.6 is 0 Å². The molecule has 0 aliphatic rings. The average Bonchev–Trinajstić information content (AvgIpc) is 2.80. The highest BCUT2D eigenvalue weighted by Crippen LogP contribution is 2.21. The highest BCUT2D eigenvalue weighted by atomic mass is 16.6. The van der Waals surface area contributed by atoms with Crippen LogP contribution in [0.1, 0.15) is 26.3 Å². The van der Waals surface area contributed by atoms with Gasteiger partial charge in [-0.2, -0.15) is 5.10 Å². The minimum atomic E-state index is -0.587. The van der Waals surface area contributed by atoms with E-state index >= 15 is 0 Å². The largest absolute Gasteiger partial charge is 0.508 e. The highest BCUT2D eigenvalue weighted by molar-refractivity contribution is 5.87. The van der Waals surface area contributed by atoms with Gasteiger partial charge < -0.3 is 9.84 Å². The first-order valence-corrected chi connectivity index (χ1v) is 7.02. The molecular weight excluding hydrogens is 282 g/mol. The Morgan fingerprint density at radius 3 is 2.68 bits per heavy atom. The molecule has 0 aliphatic heterocycles. The van der Waals surface area contributed by atoms with Gasteiger partial charge in [-0.05, 0) is 38.5 Å². The molecule has 0 saturated heterocycles. The van der Waals surface area contributed by atoms with Gasteiger partial charge in [-0.3, -0.25) is 9.58 Å². The third-order valence-corrected chi connectivity index (χ3v) is 2.87. The van der Waals surface area contributed by atoms with Gasteiger partial charge in [0, 0.05) is 13.2 Å². The Morgan fingerprint density at radius 1 is 1.41 bits per heavy atom. The first-order chi connectivity index (χ1) is 10.2. The van der Waals surface area contributed by atoms with Crippen molar-refractivity contribution in [2.45, 2.75) is 32.9 Å². The molecule has 1 aromatic carbocycles. The van der Waals surface area contributed by atoms with E-state index in [-0.39, 0.29) is 12.3 Å². The molecule has 0 aliphatic carbocycles. The third kappa shape index (κ3) is 4.25. The zero-order valence-electron chi connectivity index (χ0n) is 13.3.